The Balaban J connectivity index is 1.70. The molecule has 0 unspecified atom stereocenters. The SMILES string of the molecule is Cn1c(CO)nnc1[C@@H]1CCCN(C(=O)Nc2cccnc2Cl)C1. The van der Waals surface area contributed by atoms with Crippen molar-refractivity contribution in [3.8, 4) is 0 Å². The van der Waals surface area contributed by atoms with E-state index in [0.29, 0.717) is 24.6 Å². The zero-order valence-corrected chi connectivity index (χ0v) is 14.1. The smallest absolute Gasteiger partial charge is 0.321 e. The molecule has 9 heteroatoms. The Labute approximate surface area is 144 Å². The molecule has 1 aliphatic heterocycles. The number of anilines is 1. The highest BCUT2D eigenvalue weighted by Crippen LogP contribution is 2.26. The van der Waals surface area contributed by atoms with Crippen LogP contribution < -0.4 is 5.32 Å². The first-order chi connectivity index (χ1) is 11.6. The zero-order valence-electron chi connectivity index (χ0n) is 13.3. The van der Waals surface area contributed by atoms with Crippen LogP contribution in [0.5, 0.6) is 0 Å². The van der Waals surface area contributed by atoms with Crippen LogP contribution in [0.2, 0.25) is 5.15 Å². The number of urea groups is 1. The second-order valence-electron chi connectivity index (χ2n) is 5.75. The van der Waals surface area contributed by atoms with Crippen LogP contribution in [0.25, 0.3) is 0 Å². The van der Waals surface area contributed by atoms with Crippen molar-refractivity contribution in [2.45, 2.75) is 25.4 Å². The molecule has 2 aromatic heterocycles. The lowest BCUT2D eigenvalue weighted by Crippen LogP contribution is -2.42. The van der Waals surface area contributed by atoms with Crippen molar-refractivity contribution in [3.63, 3.8) is 0 Å². The van der Waals surface area contributed by atoms with E-state index in [2.05, 4.69) is 20.5 Å². The fraction of sp³-hybridized carbons (Fsp3) is 0.467. The average Bonchev–Trinajstić information content (AvgIpc) is 2.97. The van der Waals surface area contributed by atoms with E-state index < -0.39 is 0 Å². The number of hydrogen-bond donors (Lipinski definition) is 2. The third-order valence-electron chi connectivity index (χ3n) is 4.21. The molecule has 1 fully saturated rings. The van der Waals surface area contributed by atoms with Gasteiger partial charge in [-0.2, -0.15) is 0 Å². The molecule has 1 atom stereocenters. The zero-order chi connectivity index (χ0) is 17.1. The van der Waals surface area contributed by atoms with E-state index in [9.17, 15) is 9.90 Å². The summed E-state index contributed by atoms with van der Waals surface area (Å²) in [7, 11) is 1.83. The number of nitrogens with zero attached hydrogens (tertiary/aromatic N) is 5. The maximum Gasteiger partial charge on any atom is 0.321 e. The highest BCUT2D eigenvalue weighted by molar-refractivity contribution is 6.32. The number of aliphatic hydroxyl groups excluding tert-OH is 1. The van der Waals surface area contributed by atoms with Crippen LogP contribution >= 0.6 is 11.6 Å². The van der Waals surface area contributed by atoms with Gasteiger partial charge in [-0.05, 0) is 25.0 Å². The van der Waals surface area contributed by atoms with E-state index in [-0.39, 0.29) is 23.7 Å². The number of piperidine rings is 1. The van der Waals surface area contributed by atoms with Gasteiger partial charge in [-0.15, -0.1) is 10.2 Å². The summed E-state index contributed by atoms with van der Waals surface area (Å²) in [5.41, 5.74) is 0.493. The van der Waals surface area contributed by atoms with Crippen LogP contribution in [0.15, 0.2) is 18.3 Å². The summed E-state index contributed by atoms with van der Waals surface area (Å²) in [4.78, 5) is 18.2. The van der Waals surface area contributed by atoms with Crippen LogP contribution in [0.4, 0.5) is 10.5 Å². The molecule has 3 rings (SSSR count). The Morgan fingerprint density at radius 1 is 1.50 bits per heavy atom. The number of likely N-dealkylation sites (tertiary alicyclic amines) is 1. The van der Waals surface area contributed by atoms with Crippen molar-refractivity contribution in [3.05, 3.63) is 35.1 Å². The lowest BCUT2D eigenvalue weighted by molar-refractivity contribution is 0.190. The molecule has 2 amide bonds. The van der Waals surface area contributed by atoms with Gasteiger partial charge in [0.25, 0.3) is 0 Å². The molecular formula is C15H19ClN6O2. The number of rotatable bonds is 3. The molecule has 0 aliphatic carbocycles. The van der Waals surface area contributed by atoms with Crippen LogP contribution in [-0.2, 0) is 13.7 Å². The van der Waals surface area contributed by atoms with Crippen molar-refractivity contribution in [1.82, 2.24) is 24.6 Å². The molecule has 8 nitrogen and oxygen atoms in total. The molecule has 0 radical (unpaired) electrons. The van der Waals surface area contributed by atoms with Gasteiger partial charge in [-0.25, -0.2) is 9.78 Å². The predicted molar refractivity (Wildman–Crippen MR) is 88.7 cm³/mol. The normalized spacial score (nSPS) is 17.8. The van der Waals surface area contributed by atoms with Gasteiger partial charge in [-0.1, -0.05) is 11.6 Å². The molecule has 1 saturated heterocycles. The molecule has 0 bridgehead atoms. The largest absolute Gasteiger partial charge is 0.388 e. The highest BCUT2D eigenvalue weighted by Gasteiger charge is 2.28. The summed E-state index contributed by atoms with van der Waals surface area (Å²) >= 11 is 5.98. The van der Waals surface area contributed by atoms with E-state index in [1.54, 1.807) is 27.8 Å². The van der Waals surface area contributed by atoms with Gasteiger partial charge in [0.15, 0.2) is 11.0 Å². The fourth-order valence-electron chi connectivity index (χ4n) is 2.91. The van der Waals surface area contributed by atoms with Gasteiger partial charge in [0.2, 0.25) is 0 Å². The average molecular weight is 351 g/mol. The first kappa shape index (κ1) is 16.7. The summed E-state index contributed by atoms with van der Waals surface area (Å²) in [6.07, 6.45) is 3.37. The molecule has 2 N–H and O–H groups in total. The maximum absolute atomic E-state index is 12.5. The predicted octanol–water partition coefficient (Wildman–Crippen LogP) is 1.77. The maximum atomic E-state index is 12.5. The molecule has 3 heterocycles. The van der Waals surface area contributed by atoms with Crippen molar-refractivity contribution in [2.75, 3.05) is 18.4 Å². The Bertz CT molecular complexity index is 735. The summed E-state index contributed by atoms with van der Waals surface area (Å²) in [5, 5.41) is 20.4. The van der Waals surface area contributed by atoms with E-state index >= 15 is 0 Å². The third kappa shape index (κ3) is 3.34. The number of carbonyl (C=O) groups is 1. The molecule has 0 saturated carbocycles. The molecule has 1 aliphatic rings. The Morgan fingerprint density at radius 2 is 2.33 bits per heavy atom. The molecule has 128 valence electrons. The van der Waals surface area contributed by atoms with Crippen molar-refractivity contribution < 1.29 is 9.90 Å². The van der Waals surface area contributed by atoms with Crippen LogP contribution in [0.3, 0.4) is 0 Å². The number of carbonyl (C=O) groups excluding carboxylic acids is 1. The van der Waals surface area contributed by atoms with Gasteiger partial charge in [0.1, 0.15) is 12.4 Å². The number of aromatic nitrogens is 4. The number of aliphatic hydroxyl groups is 1. The topological polar surface area (TPSA) is 96.2 Å². The second kappa shape index (κ2) is 7.14. The van der Waals surface area contributed by atoms with E-state index in [1.165, 1.54) is 0 Å². The van der Waals surface area contributed by atoms with Gasteiger partial charge < -0.3 is 19.9 Å². The van der Waals surface area contributed by atoms with E-state index in [1.807, 2.05) is 7.05 Å². The van der Waals surface area contributed by atoms with Crippen molar-refractivity contribution in [2.24, 2.45) is 7.05 Å². The van der Waals surface area contributed by atoms with Crippen LogP contribution in [0, 0.1) is 0 Å². The Morgan fingerprint density at radius 3 is 3.04 bits per heavy atom. The van der Waals surface area contributed by atoms with Crippen LogP contribution in [0.1, 0.15) is 30.4 Å². The minimum Gasteiger partial charge on any atom is -0.388 e. The Hall–Kier alpha value is -2.19. The number of hydrogen-bond acceptors (Lipinski definition) is 5. The minimum absolute atomic E-state index is 0.0895. The summed E-state index contributed by atoms with van der Waals surface area (Å²) in [6, 6.07) is 3.22. The van der Waals surface area contributed by atoms with E-state index in [4.69, 9.17) is 11.6 Å². The first-order valence-corrected chi connectivity index (χ1v) is 8.13. The monoisotopic (exact) mass is 350 g/mol. The van der Waals surface area contributed by atoms with Gasteiger partial charge in [-0.3, -0.25) is 0 Å². The molecular weight excluding hydrogens is 332 g/mol. The van der Waals surface area contributed by atoms with E-state index in [0.717, 1.165) is 18.7 Å². The molecule has 0 spiro atoms. The molecule has 2 aromatic rings. The second-order valence-corrected chi connectivity index (χ2v) is 6.11. The summed E-state index contributed by atoms with van der Waals surface area (Å²) in [6.45, 7) is 1.06. The summed E-state index contributed by atoms with van der Waals surface area (Å²) in [5.74, 6) is 1.40. The van der Waals surface area contributed by atoms with Gasteiger partial charge >= 0.3 is 6.03 Å². The quantitative estimate of drug-likeness (QED) is 0.822. The first-order valence-electron chi connectivity index (χ1n) is 7.75. The molecule has 0 aromatic carbocycles. The highest BCUT2D eigenvalue weighted by atomic mass is 35.5. The standard InChI is InChI=1S/C15H19ClN6O2/c1-21-12(9-23)19-20-14(21)10-4-3-7-22(8-10)15(24)18-11-5-2-6-17-13(11)16/h2,5-6,10,23H,3-4,7-9H2,1H3,(H,18,24)/t10-/m1/s1. The molecule has 24 heavy (non-hydrogen) atoms. The van der Waals surface area contributed by atoms with Crippen molar-refractivity contribution >= 4 is 23.3 Å². The lowest BCUT2D eigenvalue weighted by Gasteiger charge is -2.32. The third-order valence-corrected chi connectivity index (χ3v) is 4.52. The summed E-state index contributed by atoms with van der Waals surface area (Å²) < 4.78 is 1.80. The van der Waals surface area contributed by atoms with Gasteiger partial charge in [0, 0.05) is 32.3 Å². The van der Waals surface area contributed by atoms with Crippen LogP contribution in [-0.4, -0.2) is 48.9 Å². The van der Waals surface area contributed by atoms with Crippen molar-refractivity contribution in [1.29, 1.82) is 0 Å². The number of halogens is 1. The number of pyridine rings is 1. The Kier molecular flexibility index (Phi) is 4.96. The fourth-order valence-corrected chi connectivity index (χ4v) is 3.08. The number of amides is 2. The number of nitrogens with one attached hydrogen (secondary N) is 1. The lowest BCUT2D eigenvalue weighted by atomic mass is 9.97. The minimum atomic E-state index is -0.209. The van der Waals surface area contributed by atoms with Gasteiger partial charge in [0.05, 0.1) is 5.69 Å².